The van der Waals surface area contributed by atoms with Gasteiger partial charge in [0.15, 0.2) is 0 Å². The van der Waals surface area contributed by atoms with Crippen LogP contribution in [0.2, 0.25) is 0 Å². The molecule has 0 aromatic rings. The molecule has 0 bridgehead atoms. The first kappa shape index (κ1) is 31.9. The van der Waals surface area contributed by atoms with Crippen LogP contribution < -0.4 is 0 Å². The maximum atomic E-state index is 2.61. The van der Waals surface area contributed by atoms with Crippen LogP contribution >= 0.6 is 0 Å². The molecule has 39 heavy (non-hydrogen) atoms. The van der Waals surface area contributed by atoms with Gasteiger partial charge in [-0.15, -0.1) is 0 Å². The molecule has 0 aliphatic heterocycles. The first-order valence-electron chi connectivity index (χ1n) is 18.6. The number of hydrogen-bond acceptors (Lipinski definition) is 0. The second kappa shape index (κ2) is 14.5. The zero-order chi connectivity index (χ0) is 28.2. The van der Waals surface area contributed by atoms with E-state index in [-0.39, 0.29) is 0 Å². The fraction of sp³-hybridized carbons (Fsp3) is 1.00. The molecule has 9 atom stereocenters. The Labute approximate surface area is 247 Å². The van der Waals surface area contributed by atoms with Gasteiger partial charge in [-0.2, -0.15) is 0 Å². The van der Waals surface area contributed by atoms with Crippen LogP contribution in [0.1, 0.15) is 171 Å². The van der Waals surface area contributed by atoms with E-state index in [9.17, 15) is 0 Å². The first-order chi connectivity index (χ1) is 18.6. The Hall–Kier alpha value is 0. The Morgan fingerprint density at radius 2 is 1.31 bits per heavy atom. The van der Waals surface area contributed by atoms with E-state index in [0.29, 0.717) is 5.41 Å². The summed E-state index contributed by atoms with van der Waals surface area (Å²) in [6, 6.07) is 0. The van der Waals surface area contributed by atoms with Crippen LogP contribution in [0, 0.1) is 76.4 Å². The van der Waals surface area contributed by atoms with Crippen molar-refractivity contribution in [3.63, 3.8) is 0 Å². The zero-order valence-corrected chi connectivity index (χ0v) is 28.2. The van der Waals surface area contributed by atoms with Crippen molar-refractivity contribution < 1.29 is 0 Å². The summed E-state index contributed by atoms with van der Waals surface area (Å²) < 4.78 is 0. The lowest BCUT2D eigenvalue weighted by atomic mass is 9.56. The third-order valence-corrected chi connectivity index (χ3v) is 13.6. The average Bonchev–Trinajstić information content (AvgIpc) is 3.56. The Bertz CT molecular complexity index is 689. The number of hydrogen-bond donors (Lipinski definition) is 0. The van der Waals surface area contributed by atoms with Gasteiger partial charge < -0.3 is 0 Å². The molecule has 0 aromatic heterocycles. The highest BCUT2D eigenvalue weighted by atomic mass is 14.5. The standard InChI is InChI=1S/C23H42.C16H30/c1-5-6-9-21-17(4)15-20-8-7-10-22(20)23(21)19-13-11-18(12-14-19)16(2)3;1-12-8-9-14(10-12)13-6-5-7-15(11-13)16(2,3)4/h16-23H,5-15H2,1-4H3;12-15H,5-11H2,1-4H3. The molecule has 228 valence electrons. The quantitative estimate of drug-likeness (QED) is 0.314. The van der Waals surface area contributed by atoms with Crippen molar-refractivity contribution in [2.75, 3.05) is 0 Å². The summed E-state index contributed by atoms with van der Waals surface area (Å²) >= 11 is 0. The van der Waals surface area contributed by atoms with Crippen LogP contribution in [0.3, 0.4) is 0 Å². The summed E-state index contributed by atoms with van der Waals surface area (Å²) in [5.74, 6) is 12.6. The molecule has 0 spiro atoms. The van der Waals surface area contributed by atoms with E-state index in [2.05, 4.69) is 55.4 Å². The minimum Gasteiger partial charge on any atom is -0.0654 e. The molecule has 0 radical (unpaired) electrons. The number of unbranched alkanes of at least 4 members (excludes halogenated alkanes) is 1. The molecule has 5 aliphatic rings. The molecule has 0 heteroatoms. The summed E-state index contributed by atoms with van der Waals surface area (Å²) in [7, 11) is 0. The third-order valence-electron chi connectivity index (χ3n) is 13.6. The molecule has 0 amide bonds. The van der Waals surface area contributed by atoms with Crippen LogP contribution in [0.4, 0.5) is 0 Å². The molecule has 0 N–H and O–H groups in total. The van der Waals surface area contributed by atoms with Crippen molar-refractivity contribution in [3.8, 4) is 0 Å². The molecule has 0 heterocycles. The summed E-state index contributed by atoms with van der Waals surface area (Å²) in [5.41, 5.74) is 0.545. The molecular formula is C39H72. The first-order valence-corrected chi connectivity index (χ1v) is 18.6. The van der Waals surface area contributed by atoms with Crippen molar-refractivity contribution in [2.45, 2.75) is 171 Å². The normalized spacial score (nSPS) is 43.2. The van der Waals surface area contributed by atoms with Crippen LogP contribution in [0.5, 0.6) is 0 Å². The van der Waals surface area contributed by atoms with Crippen molar-refractivity contribution in [1.29, 1.82) is 0 Å². The molecule has 0 nitrogen and oxygen atoms in total. The SMILES string of the molecule is CC1CCC(C2CCCC(C(C)(C)C)C2)C1.CCCCC1C(C)CC2CCCC2C1C1CCC(C(C)C)CC1. The smallest absolute Gasteiger partial charge is 0.0324 e. The topological polar surface area (TPSA) is 0 Å². The van der Waals surface area contributed by atoms with E-state index in [0.717, 1.165) is 71.0 Å². The van der Waals surface area contributed by atoms with Crippen LogP contribution in [-0.4, -0.2) is 0 Å². The summed E-state index contributed by atoms with van der Waals surface area (Å²) in [6.07, 6.45) is 27.5. The van der Waals surface area contributed by atoms with E-state index in [4.69, 9.17) is 0 Å². The monoisotopic (exact) mass is 541 g/mol. The van der Waals surface area contributed by atoms with Crippen molar-refractivity contribution in [3.05, 3.63) is 0 Å². The molecule has 5 rings (SSSR count). The molecule has 0 aromatic carbocycles. The highest BCUT2D eigenvalue weighted by Crippen LogP contribution is 2.56. The summed E-state index contributed by atoms with van der Waals surface area (Å²) in [4.78, 5) is 0. The number of rotatable bonds is 6. The second-order valence-electron chi connectivity index (χ2n) is 17.5. The second-order valence-corrected chi connectivity index (χ2v) is 17.5. The lowest BCUT2D eigenvalue weighted by Crippen LogP contribution is -2.42. The van der Waals surface area contributed by atoms with Gasteiger partial charge in [0, 0.05) is 0 Å². The lowest BCUT2D eigenvalue weighted by molar-refractivity contribution is -0.00486. The van der Waals surface area contributed by atoms with Crippen molar-refractivity contribution in [1.82, 2.24) is 0 Å². The molecule has 5 aliphatic carbocycles. The van der Waals surface area contributed by atoms with E-state index in [1.54, 1.807) is 38.5 Å². The Kier molecular flexibility index (Phi) is 11.8. The zero-order valence-electron chi connectivity index (χ0n) is 28.2. The maximum absolute atomic E-state index is 2.61. The van der Waals surface area contributed by atoms with Gasteiger partial charge in [-0.05, 0) is 147 Å². The molecule has 9 unspecified atom stereocenters. The third kappa shape index (κ3) is 8.31. The van der Waals surface area contributed by atoms with Gasteiger partial charge in [-0.1, -0.05) is 100 Å². The van der Waals surface area contributed by atoms with Crippen LogP contribution in [0.25, 0.3) is 0 Å². The highest BCUT2D eigenvalue weighted by Gasteiger charge is 2.47. The predicted molar refractivity (Wildman–Crippen MR) is 173 cm³/mol. The minimum absolute atomic E-state index is 0.545. The maximum Gasteiger partial charge on any atom is -0.0324 e. The average molecular weight is 541 g/mol. The summed E-state index contributed by atoms with van der Waals surface area (Å²) in [5, 5.41) is 0. The Morgan fingerprint density at radius 1 is 0.667 bits per heavy atom. The van der Waals surface area contributed by atoms with E-state index < -0.39 is 0 Å². The highest BCUT2D eigenvalue weighted by molar-refractivity contribution is 4.97. The van der Waals surface area contributed by atoms with Gasteiger partial charge in [-0.3, -0.25) is 0 Å². The fourth-order valence-corrected chi connectivity index (χ4v) is 11.1. The molecule has 5 saturated carbocycles. The van der Waals surface area contributed by atoms with Crippen molar-refractivity contribution in [2.24, 2.45) is 76.4 Å². The predicted octanol–water partition coefficient (Wildman–Crippen LogP) is 12.6. The Morgan fingerprint density at radius 3 is 1.92 bits per heavy atom. The molecular weight excluding hydrogens is 468 g/mol. The van der Waals surface area contributed by atoms with E-state index in [1.807, 2.05) is 0 Å². The lowest BCUT2D eigenvalue weighted by Gasteiger charge is -2.50. The van der Waals surface area contributed by atoms with Gasteiger partial charge in [-0.25, -0.2) is 0 Å². The largest absolute Gasteiger partial charge is 0.0654 e. The van der Waals surface area contributed by atoms with Gasteiger partial charge in [0.25, 0.3) is 0 Å². The van der Waals surface area contributed by atoms with Gasteiger partial charge in [0.2, 0.25) is 0 Å². The van der Waals surface area contributed by atoms with E-state index >= 15 is 0 Å². The molecule has 0 saturated heterocycles. The van der Waals surface area contributed by atoms with E-state index in [1.165, 1.54) is 77.0 Å². The fourth-order valence-electron chi connectivity index (χ4n) is 11.1. The summed E-state index contributed by atoms with van der Waals surface area (Å²) in [6.45, 7) is 19.7. The van der Waals surface area contributed by atoms with Gasteiger partial charge in [0.1, 0.15) is 0 Å². The van der Waals surface area contributed by atoms with Crippen LogP contribution in [0.15, 0.2) is 0 Å². The van der Waals surface area contributed by atoms with Gasteiger partial charge >= 0.3 is 0 Å². The van der Waals surface area contributed by atoms with Crippen LogP contribution in [-0.2, 0) is 0 Å². The van der Waals surface area contributed by atoms with Gasteiger partial charge in [0.05, 0.1) is 0 Å². The Balaban J connectivity index is 0.000000193. The number of fused-ring (bicyclic) bond motifs is 1. The minimum atomic E-state index is 0.545. The molecule has 5 fully saturated rings. The van der Waals surface area contributed by atoms with Crippen molar-refractivity contribution >= 4 is 0 Å².